The molecule has 0 aliphatic heterocycles. The first-order valence-corrected chi connectivity index (χ1v) is 6.25. The fraction of sp³-hybridized carbons (Fsp3) is 0.538. The van der Waals surface area contributed by atoms with Gasteiger partial charge >= 0.3 is 0 Å². The second-order valence-corrected chi connectivity index (χ2v) is 5.17. The molecule has 1 aromatic rings. The molecule has 0 bridgehead atoms. The number of halogens is 1. The normalized spacial score (nSPS) is 29.1. The van der Waals surface area contributed by atoms with Crippen molar-refractivity contribution in [2.75, 3.05) is 7.11 Å². The summed E-state index contributed by atoms with van der Waals surface area (Å²) in [5.41, 5.74) is 5.79. The van der Waals surface area contributed by atoms with E-state index in [0.29, 0.717) is 23.6 Å². The molecule has 3 nitrogen and oxygen atoms in total. The van der Waals surface area contributed by atoms with Gasteiger partial charge < -0.3 is 15.6 Å². The molecule has 3 N–H and O–H groups in total. The van der Waals surface area contributed by atoms with Crippen molar-refractivity contribution < 1.29 is 9.84 Å². The van der Waals surface area contributed by atoms with Gasteiger partial charge in [0.15, 0.2) is 0 Å². The van der Waals surface area contributed by atoms with Gasteiger partial charge in [-0.15, -0.1) is 0 Å². The molecule has 0 spiro atoms. The van der Waals surface area contributed by atoms with Crippen LogP contribution in [0.1, 0.15) is 31.2 Å². The van der Waals surface area contributed by atoms with Gasteiger partial charge in [-0.1, -0.05) is 11.6 Å². The summed E-state index contributed by atoms with van der Waals surface area (Å²) in [4.78, 5) is 0. The van der Waals surface area contributed by atoms with Crippen LogP contribution >= 0.6 is 11.6 Å². The van der Waals surface area contributed by atoms with Crippen LogP contribution in [-0.2, 0) is 5.60 Å². The Labute approximate surface area is 107 Å². The summed E-state index contributed by atoms with van der Waals surface area (Å²) in [5, 5.41) is 11.3. The zero-order valence-electron chi connectivity index (χ0n) is 9.95. The predicted octanol–water partition coefficient (Wildman–Crippen LogP) is 2.44. The zero-order valence-corrected chi connectivity index (χ0v) is 10.7. The van der Waals surface area contributed by atoms with Crippen LogP contribution in [0.3, 0.4) is 0 Å². The van der Waals surface area contributed by atoms with Gasteiger partial charge in [-0.25, -0.2) is 0 Å². The Bertz CT molecular complexity index is 410. The zero-order chi connectivity index (χ0) is 12.5. The number of hydrogen-bond acceptors (Lipinski definition) is 3. The summed E-state index contributed by atoms with van der Waals surface area (Å²) in [5.74, 6) is 0.672. The highest BCUT2D eigenvalue weighted by Gasteiger charge is 2.36. The number of hydrogen-bond donors (Lipinski definition) is 2. The SMILES string of the molecule is COc1ccc(Cl)cc1C1(O)CCCC(N)C1. The van der Waals surface area contributed by atoms with E-state index in [1.807, 2.05) is 0 Å². The molecule has 2 atom stereocenters. The van der Waals surface area contributed by atoms with Gasteiger partial charge in [0.05, 0.1) is 12.7 Å². The molecule has 1 fully saturated rings. The minimum Gasteiger partial charge on any atom is -0.496 e. The summed E-state index contributed by atoms with van der Waals surface area (Å²) in [6.45, 7) is 0. The lowest BCUT2D eigenvalue weighted by atomic mass is 9.77. The molecule has 0 amide bonds. The second-order valence-electron chi connectivity index (χ2n) is 4.73. The molecule has 2 unspecified atom stereocenters. The highest BCUT2D eigenvalue weighted by molar-refractivity contribution is 6.30. The molecule has 2 rings (SSSR count). The van der Waals surface area contributed by atoms with E-state index >= 15 is 0 Å². The number of benzene rings is 1. The molecule has 0 aromatic heterocycles. The van der Waals surface area contributed by atoms with Crippen LogP contribution < -0.4 is 10.5 Å². The summed E-state index contributed by atoms with van der Waals surface area (Å²) in [6, 6.07) is 5.36. The van der Waals surface area contributed by atoms with Gasteiger partial charge in [-0.3, -0.25) is 0 Å². The highest BCUT2D eigenvalue weighted by atomic mass is 35.5. The Morgan fingerprint density at radius 2 is 2.29 bits per heavy atom. The predicted molar refractivity (Wildman–Crippen MR) is 68.3 cm³/mol. The van der Waals surface area contributed by atoms with Crippen molar-refractivity contribution in [3.63, 3.8) is 0 Å². The Kier molecular flexibility index (Phi) is 3.61. The van der Waals surface area contributed by atoms with Crippen molar-refractivity contribution in [1.29, 1.82) is 0 Å². The first-order valence-electron chi connectivity index (χ1n) is 5.87. The summed E-state index contributed by atoms with van der Waals surface area (Å²) >= 11 is 5.99. The lowest BCUT2D eigenvalue weighted by molar-refractivity contribution is -0.00900. The number of methoxy groups -OCH3 is 1. The van der Waals surface area contributed by atoms with Gasteiger partial charge in [-0.05, 0) is 43.9 Å². The van der Waals surface area contributed by atoms with E-state index in [0.717, 1.165) is 18.4 Å². The van der Waals surface area contributed by atoms with E-state index in [1.165, 1.54) is 0 Å². The van der Waals surface area contributed by atoms with Crippen LogP contribution in [0.2, 0.25) is 5.02 Å². The maximum atomic E-state index is 10.7. The van der Waals surface area contributed by atoms with Crippen molar-refractivity contribution in [3.05, 3.63) is 28.8 Å². The lowest BCUT2D eigenvalue weighted by Crippen LogP contribution is -2.39. The maximum Gasteiger partial charge on any atom is 0.125 e. The van der Waals surface area contributed by atoms with E-state index in [9.17, 15) is 5.11 Å². The fourth-order valence-corrected chi connectivity index (χ4v) is 2.76. The first-order chi connectivity index (χ1) is 8.05. The third-order valence-corrected chi connectivity index (χ3v) is 3.66. The smallest absolute Gasteiger partial charge is 0.125 e. The van der Waals surface area contributed by atoms with Crippen molar-refractivity contribution in [2.24, 2.45) is 5.73 Å². The van der Waals surface area contributed by atoms with Crippen molar-refractivity contribution in [2.45, 2.75) is 37.3 Å². The first kappa shape index (κ1) is 12.7. The molecule has 4 heteroatoms. The van der Waals surface area contributed by atoms with Crippen LogP contribution in [-0.4, -0.2) is 18.3 Å². The molecular weight excluding hydrogens is 238 g/mol. The third-order valence-electron chi connectivity index (χ3n) is 3.43. The van der Waals surface area contributed by atoms with Crippen LogP contribution in [0.25, 0.3) is 0 Å². The van der Waals surface area contributed by atoms with Gasteiger partial charge in [0.1, 0.15) is 5.75 Å². The average molecular weight is 256 g/mol. The van der Waals surface area contributed by atoms with Gasteiger partial charge in [-0.2, -0.15) is 0 Å². The maximum absolute atomic E-state index is 10.7. The Morgan fingerprint density at radius 1 is 1.53 bits per heavy atom. The molecule has 0 heterocycles. The summed E-state index contributed by atoms with van der Waals surface area (Å²) in [7, 11) is 1.60. The molecule has 1 saturated carbocycles. The highest BCUT2D eigenvalue weighted by Crippen LogP contribution is 2.41. The number of aliphatic hydroxyl groups is 1. The number of rotatable bonds is 2. The largest absolute Gasteiger partial charge is 0.496 e. The van der Waals surface area contributed by atoms with E-state index < -0.39 is 5.60 Å². The quantitative estimate of drug-likeness (QED) is 0.854. The standard InChI is InChI=1S/C13H18ClNO2/c1-17-12-5-4-9(14)7-11(12)13(16)6-2-3-10(15)8-13/h4-5,7,10,16H,2-3,6,8,15H2,1H3. The molecular formula is C13H18ClNO2. The summed E-state index contributed by atoms with van der Waals surface area (Å²) < 4.78 is 5.29. The van der Waals surface area contributed by atoms with Crippen LogP contribution in [0, 0.1) is 0 Å². The van der Waals surface area contributed by atoms with E-state index in [2.05, 4.69) is 0 Å². The van der Waals surface area contributed by atoms with E-state index in [4.69, 9.17) is 22.1 Å². The van der Waals surface area contributed by atoms with Crippen molar-refractivity contribution in [3.8, 4) is 5.75 Å². The molecule has 94 valence electrons. The van der Waals surface area contributed by atoms with E-state index in [1.54, 1.807) is 25.3 Å². The molecule has 1 aliphatic rings. The Hall–Kier alpha value is -0.770. The monoisotopic (exact) mass is 255 g/mol. The van der Waals surface area contributed by atoms with Crippen molar-refractivity contribution in [1.82, 2.24) is 0 Å². The Balaban J connectivity index is 2.40. The molecule has 0 radical (unpaired) electrons. The average Bonchev–Trinajstić information content (AvgIpc) is 2.28. The van der Waals surface area contributed by atoms with Crippen LogP contribution in [0.15, 0.2) is 18.2 Å². The lowest BCUT2D eigenvalue weighted by Gasteiger charge is -2.36. The Morgan fingerprint density at radius 3 is 2.94 bits per heavy atom. The van der Waals surface area contributed by atoms with Gasteiger partial charge in [0.25, 0.3) is 0 Å². The van der Waals surface area contributed by atoms with Crippen LogP contribution in [0.4, 0.5) is 0 Å². The van der Waals surface area contributed by atoms with E-state index in [-0.39, 0.29) is 6.04 Å². The number of nitrogens with two attached hydrogens (primary N) is 1. The molecule has 17 heavy (non-hydrogen) atoms. The third kappa shape index (κ3) is 2.57. The fourth-order valence-electron chi connectivity index (χ4n) is 2.58. The van der Waals surface area contributed by atoms with Gasteiger partial charge in [0, 0.05) is 16.6 Å². The molecule has 1 aromatic carbocycles. The van der Waals surface area contributed by atoms with Crippen LogP contribution in [0.5, 0.6) is 5.75 Å². The minimum absolute atomic E-state index is 0.0393. The number of ether oxygens (including phenoxy) is 1. The molecule has 0 saturated heterocycles. The second kappa shape index (κ2) is 4.84. The minimum atomic E-state index is -0.909. The topological polar surface area (TPSA) is 55.5 Å². The van der Waals surface area contributed by atoms with Gasteiger partial charge in [0.2, 0.25) is 0 Å². The van der Waals surface area contributed by atoms with Crippen molar-refractivity contribution >= 4 is 11.6 Å². The molecule has 1 aliphatic carbocycles. The summed E-state index contributed by atoms with van der Waals surface area (Å²) in [6.07, 6.45) is 3.15.